The first-order valence-electron chi connectivity index (χ1n) is 6.44. The first-order valence-corrected chi connectivity index (χ1v) is 7.64. The fourth-order valence-electron chi connectivity index (χ4n) is 1.69. The van der Waals surface area contributed by atoms with Gasteiger partial charge in [0.25, 0.3) is 0 Å². The van der Waals surface area contributed by atoms with Crippen LogP contribution >= 0.6 is 22.9 Å². The number of thiophene rings is 1. The van der Waals surface area contributed by atoms with E-state index in [-0.39, 0.29) is 0 Å². The van der Waals surface area contributed by atoms with Crippen LogP contribution in [-0.2, 0) is 13.2 Å². The molecule has 0 aliphatic heterocycles. The van der Waals surface area contributed by atoms with Crippen LogP contribution in [0.1, 0.15) is 23.1 Å². The smallest absolute Gasteiger partial charge is 0.122 e. The van der Waals surface area contributed by atoms with Gasteiger partial charge in [0.05, 0.1) is 0 Å². The monoisotopic (exact) mass is 295 g/mol. The van der Waals surface area contributed by atoms with Crippen molar-refractivity contribution in [1.82, 2.24) is 5.32 Å². The Morgan fingerprint density at radius 2 is 2.05 bits per heavy atom. The summed E-state index contributed by atoms with van der Waals surface area (Å²) in [7, 11) is 0. The van der Waals surface area contributed by atoms with Crippen molar-refractivity contribution in [2.75, 3.05) is 6.54 Å². The first kappa shape index (κ1) is 14.4. The summed E-state index contributed by atoms with van der Waals surface area (Å²) < 4.78 is 5.72. The van der Waals surface area contributed by atoms with Crippen LogP contribution in [-0.4, -0.2) is 6.54 Å². The number of hydrogen-bond donors (Lipinski definition) is 1. The third-order valence-electron chi connectivity index (χ3n) is 2.62. The Kier molecular flexibility index (Phi) is 5.70. The highest BCUT2D eigenvalue weighted by Gasteiger charge is 2.01. The molecule has 0 spiro atoms. The molecule has 1 aromatic carbocycles. The Morgan fingerprint density at radius 1 is 1.21 bits per heavy atom. The quantitative estimate of drug-likeness (QED) is 0.761. The fourth-order valence-corrected chi connectivity index (χ4v) is 2.78. The summed E-state index contributed by atoms with van der Waals surface area (Å²) in [5.74, 6) is 0.812. The average Bonchev–Trinajstić information content (AvgIpc) is 2.85. The van der Waals surface area contributed by atoms with Gasteiger partial charge in [0.2, 0.25) is 0 Å². The second kappa shape index (κ2) is 7.53. The van der Waals surface area contributed by atoms with Crippen molar-refractivity contribution in [3.63, 3.8) is 0 Å². The van der Waals surface area contributed by atoms with Crippen molar-refractivity contribution in [3.05, 3.63) is 51.2 Å². The van der Waals surface area contributed by atoms with Gasteiger partial charge in [-0.2, -0.15) is 0 Å². The van der Waals surface area contributed by atoms with E-state index < -0.39 is 0 Å². The molecule has 1 aromatic heterocycles. The molecule has 2 nitrogen and oxygen atoms in total. The van der Waals surface area contributed by atoms with Crippen LogP contribution in [0.2, 0.25) is 5.02 Å². The molecule has 1 heterocycles. The molecule has 19 heavy (non-hydrogen) atoms. The maximum Gasteiger partial charge on any atom is 0.122 e. The summed E-state index contributed by atoms with van der Waals surface area (Å²) in [5, 5.41) is 4.10. The summed E-state index contributed by atoms with van der Waals surface area (Å²) in [5.41, 5.74) is 0. The van der Waals surface area contributed by atoms with E-state index in [0.717, 1.165) is 25.3 Å². The number of halogens is 1. The lowest BCUT2D eigenvalue weighted by Crippen LogP contribution is -2.12. The van der Waals surface area contributed by atoms with E-state index in [9.17, 15) is 0 Å². The maximum atomic E-state index is 5.92. The average molecular weight is 296 g/mol. The van der Waals surface area contributed by atoms with Gasteiger partial charge in [0.1, 0.15) is 12.4 Å². The Bertz CT molecular complexity index is 512. The van der Waals surface area contributed by atoms with E-state index in [1.165, 1.54) is 9.75 Å². The predicted molar refractivity (Wildman–Crippen MR) is 82.1 cm³/mol. The lowest BCUT2D eigenvalue weighted by molar-refractivity contribution is 0.310. The molecular weight excluding hydrogens is 278 g/mol. The van der Waals surface area contributed by atoms with Crippen molar-refractivity contribution in [1.29, 1.82) is 0 Å². The third kappa shape index (κ3) is 4.86. The van der Waals surface area contributed by atoms with Gasteiger partial charge in [0.15, 0.2) is 0 Å². The van der Waals surface area contributed by atoms with Crippen LogP contribution in [0.15, 0.2) is 36.4 Å². The Balaban J connectivity index is 1.83. The predicted octanol–water partition coefficient (Wildman–Crippen LogP) is 4.48. The van der Waals surface area contributed by atoms with Gasteiger partial charge in [0, 0.05) is 21.3 Å². The molecule has 0 aliphatic rings. The minimum Gasteiger partial charge on any atom is -0.488 e. The molecule has 0 bridgehead atoms. The molecule has 0 radical (unpaired) electrons. The van der Waals surface area contributed by atoms with Gasteiger partial charge >= 0.3 is 0 Å². The van der Waals surface area contributed by atoms with Crippen molar-refractivity contribution < 1.29 is 4.74 Å². The van der Waals surface area contributed by atoms with E-state index in [1.54, 1.807) is 11.3 Å². The molecule has 2 aromatic rings. The van der Waals surface area contributed by atoms with Gasteiger partial charge in [-0.3, -0.25) is 0 Å². The molecule has 0 aliphatic carbocycles. The lowest BCUT2D eigenvalue weighted by Gasteiger charge is -2.04. The van der Waals surface area contributed by atoms with E-state index in [0.29, 0.717) is 11.6 Å². The fraction of sp³-hybridized carbons (Fsp3) is 0.333. The van der Waals surface area contributed by atoms with E-state index in [4.69, 9.17) is 16.3 Å². The molecule has 0 saturated heterocycles. The van der Waals surface area contributed by atoms with Crippen LogP contribution < -0.4 is 10.1 Å². The number of nitrogens with one attached hydrogen (secondary N) is 1. The SMILES string of the molecule is CCCNCc1ccc(COc2cccc(Cl)c2)s1. The van der Waals surface area contributed by atoms with Crippen molar-refractivity contribution in [2.45, 2.75) is 26.5 Å². The van der Waals surface area contributed by atoms with Crippen LogP contribution in [0.3, 0.4) is 0 Å². The molecule has 1 N–H and O–H groups in total. The Morgan fingerprint density at radius 3 is 2.84 bits per heavy atom. The van der Waals surface area contributed by atoms with Crippen molar-refractivity contribution >= 4 is 22.9 Å². The van der Waals surface area contributed by atoms with Gasteiger partial charge < -0.3 is 10.1 Å². The van der Waals surface area contributed by atoms with Crippen LogP contribution in [0, 0.1) is 0 Å². The summed E-state index contributed by atoms with van der Waals surface area (Å²) in [4.78, 5) is 2.58. The zero-order valence-corrected chi connectivity index (χ0v) is 12.6. The van der Waals surface area contributed by atoms with Crippen LogP contribution in [0.5, 0.6) is 5.75 Å². The second-order valence-corrected chi connectivity index (χ2v) is 5.98. The highest BCUT2D eigenvalue weighted by atomic mass is 35.5. The number of rotatable bonds is 7. The zero-order chi connectivity index (χ0) is 13.5. The normalized spacial score (nSPS) is 10.6. The van der Waals surface area contributed by atoms with Crippen LogP contribution in [0.4, 0.5) is 0 Å². The topological polar surface area (TPSA) is 21.3 Å². The molecule has 0 unspecified atom stereocenters. The molecule has 0 atom stereocenters. The maximum absolute atomic E-state index is 5.92. The molecular formula is C15H18ClNOS. The number of ether oxygens (including phenoxy) is 1. The second-order valence-electron chi connectivity index (χ2n) is 4.29. The zero-order valence-electron chi connectivity index (χ0n) is 11.0. The van der Waals surface area contributed by atoms with E-state index >= 15 is 0 Å². The molecule has 0 saturated carbocycles. The highest BCUT2D eigenvalue weighted by Crippen LogP contribution is 2.21. The summed E-state index contributed by atoms with van der Waals surface area (Å²) in [6.07, 6.45) is 1.16. The van der Waals surface area contributed by atoms with E-state index in [1.807, 2.05) is 24.3 Å². The highest BCUT2D eigenvalue weighted by molar-refractivity contribution is 7.11. The van der Waals surface area contributed by atoms with Crippen molar-refractivity contribution in [3.8, 4) is 5.75 Å². The van der Waals surface area contributed by atoms with Crippen LogP contribution in [0.25, 0.3) is 0 Å². The van der Waals surface area contributed by atoms with Gasteiger partial charge in [-0.1, -0.05) is 24.6 Å². The van der Waals surface area contributed by atoms with Crippen molar-refractivity contribution in [2.24, 2.45) is 0 Å². The minimum atomic E-state index is 0.596. The lowest BCUT2D eigenvalue weighted by atomic mass is 10.3. The minimum absolute atomic E-state index is 0.596. The third-order valence-corrected chi connectivity index (χ3v) is 3.91. The molecule has 2 rings (SSSR count). The molecule has 0 amide bonds. The summed E-state index contributed by atoms with van der Waals surface area (Å²) in [6, 6.07) is 11.8. The molecule has 4 heteroatoms. The Labute approximate surface area is 123 Å². The largest absolute Gasteiger partial charge is 0.488 e. The Hall–Kier alpha value is -1.03. The standard InChI is InChI=1S/C15H18ClNOS/c1-2-8-17-10-14-6-7-15(19-14)11-18-13-5-3-4-12(16)9-13/h3-7,9,17H,2,8,10-11H2,1H3. The number of hydrogen-bond acceptors (Lipinski definition) is 3. The number of benzene rings is 1. The van der Waals surface area contributed by atoms with Gasteiger partial charge in [-0.05, 0) is 43.3 Å². The molecule has 0 fully saturated rings. The summed E-state index contributed by atoms with van der Waals surface area (Å²) >= 11 is 7.70. The first-order chi connectivity index (χ1) is 9.28. The summed E-state index contributed by atoms with van der Waals surface area (Å²) in [6.45, 7) is 4.77. The van der Waals surface area contributed by atoms with E-state index in [2.05, 4.69) is 24.4 Å². The van der Waals surface area contributed by atoms with Gasteiger partial charge in [-0.15, -0.1) is 11.3 Å². The molecule has 102 valence electrons. The van der Waals surface area contributed by atoms with Gasteiger partial charge in [-0.25, -0.2) is 0 Å².